The minimum absolute atomic E-state index is 0.543. The molecule has 2 rings (SSSR count). The number of aromatic nitrogens is 1. The largest absolute Gasteiger partial charge is 0.300 e. The molecule has 0 aliphatic heterocycles. The van der Waals surface area contributed by atoms with Crippen LogP contribution in [0.4, 0.5) is 0 Å². The highest BCUT2D eigenvalue weighted by Gasteiger charge is 2.28. The quantitative estimate of drug-likeness (QED) is 0.459. The normalized spacial score (nSPS) is 15.4. The van der Waals surface area contributed by atoms with Gasteiger partial charge in [-0.25, -0.2) is 4.98 Å². The summed E-state index contributed by atoms with van der Waals surface area (Å²) >= 11 is 7.54. The van der Waals surface area contributed by atoms with Crippen molar-refractivity contribution in [3.8, 4) is 0 Å². The van der Waals surface area contributed by atoms with E-state index in [-0.39, 0.29) is 0 Å². The Balaban J connectivity index is 1.62. The molecule has 1 fully saturated rings. The molecule has 0 aromatic carbocycles. The Kier molecular flexibility index (Phi) is 6.79. The fraction of sp³-hybridized carbons (Fsp3) is 0.812. The topological polar surface area (TPSA) is 16.1 Å². The van der Waals surface area contributed by atoms with Crippen molar-refractivity contribution >= 4 is 22.9 Å². The predicted molar refractivity (Wildman–Crippen MR) is 88.7 cm³/mol. The summed E-state index contributed by atoms with van der Waals surface area (Å²) in [5.74, 6) is 1.36. The van der Waals surface area contributed by atoms with Gasteiger partial charge in [-0.1, -0.05) is 13.8 Å². The summed E-state index contributed by atoms with van der Waals surface area (Å²) in [6, 6.07) is 0.900. The molecule has 0 bridgehead atoms. The van der Waals surface area contributed by atoms with E-state index in [1.807, 2.05) is 0 Å². The van der Waals surface area contributed by atoms with Crippen LogP contribution >= 0.6 is 22.9 Å². The minimum atomic E-state index is 0.543. The number of aryl methyl sites for hydroxylation is 1. The lowest BCUT2D eigenvalue weighted by molar-refractivity contribution is 0.243. The second kappa shape index (κ2) is 8.35. The van der Waals surface area contributed by atoms with Gasteiger partial charge in [-0.3, -0.25) is 0 Å². The Morgan fingerprint density at radius 2 is 2.15 bits per heavy atom. The molecule has 2 nitrogen and oxygen atoms in total. The van der Waals surface area contributed by atoms with E-state index >= 15 is 0 Å². The smallest absolute Gasteiger partial charge is 0.0928 e. The zero-order valence-electron chi connectivity index (χ0n) is 12.8. The van der Waals surface area contributed by atoms with E-state index in [0.29, 0.717) is 5.88 Å². The molecule has 1 aliphatic rings. The van der Waals surface area contributed by atoms with Crippen molar-refractivity contribution in [2.24, 2.45) is 5.92 Å². The third kappa shape index (κ3) is 5.71. The number of unbranched alkanes of at least 4 members (excludes halogenated alkanes) is 1. The van der Waals surface area contributed by atoms with Gasteiger partial charge in [0.2, 0.25) is 0 Å². The maximum atomic E-state index is 5.78. The molecular formula is C16H27ClN2S. The molecule has 0 amide bonds. The number of hydrogen-bond donors (Lipinski definition) is 0. The first-order valence-corrected chi connectivity index (χ1v) is 9.33. The monoisotopic (exact) mass is 314 g/mol. The van der Waals surface area contributed by atoms with Crippen LogP contribution in [0.3, 0.4) is 0 Å². The number of hydrogen-bond acceptors (Lipinski definition) is 3. The Morgan fingerprint density at radius 3 is 2.75 bits per heavy atom. The van der Waals surface area contributed by atoms with Crippen molar-refractivity contribution in [2.75, 3.05) is 13.1 Å². The molecule has 0 saturated heterocycles. The zero-order chi connectivity index (χ0) is 14.4. The summed E-state index contributed by atoms with van der Waals surface area (Å²) < 4.78 is 0. The van der Waals surface area contributed by atoms with Crippen LogP contribution in [0.25, 0.3) is 0 Å². The highest BCUT2D eigenvalue weighted by molar-refractivity contribution is 7.09. The van der Waals surface area contributed by atoms with Crippen LogP contribution < -0.4 is 0 Å². The van der Waals surface area contributed by atoms with Gasteiger partial charge in [0.25, 0.3) is 0 Å². The number of nitrogens with zero attached hydrogens (tertiary/aromatic N) is 2. The van der Waals surface area contributed by atoms with Crippen molar-refractivity contribution in [1.29, 1.82) is 0 Å². The van der Waals surface area contributed by atoms with Crippen LogP contribution in [0.15, 0.2) is 5.38 Å². The van der Waals surface area contributed by atoms with Crippen LogP contribution in [-0.2, 0) is 12.3 Å². The molecule has 4 heteroatoms. The number of thiazole rings is 1. The van der Waals surface area contributed by atoms with Gasteiger partial charge in [0.15, 0.2) is 0 Å². The summed E-state index contributed by atoms with van der Waals surface area (Å²) in [6.45, 7) is 7.20. The summed E-state index contributed by atoms with van der Waals surface area (Å²) in [5.41, 5.74) is 1.03. The van der Waals surface area contributed by atoms with Gasteiger partial charge in [0.05, 0.1) is 16.6 Å². The molecule has 1 aliphatic carbocycles. The van der Waals surface area contributed by atoms with E-state index in [2.05, 4.69) is 29.1 Å². The molecule has 1 aromatic rings. The summed E-state index contributed by atoms with van der Waals surface area (Å²) in [5, 5.41) is 3.34. The third-order valence-corrected chi connectivity index (χ3v) is 5.11. The van der Waals surface area contributed by atoms with Gasteiger partial charge in [0, 0.05) is 11.4 Å². The average Bonchev–Trinajstić information content (AvgIpc) is 3.16. The maximum absolute atomic E-state index is 5.78. The first-order valence-electron chi connectivity index (χ1n) is 7.92. The third-order valence-electron chi connectivity index (χ3n) is 3.88. The molecular weight excluding hydrogens is 288 g/mol. The predicted octanol–water partition coefficient (Wildman–Crippen LogP) is 4.72. The lowest BCUT2D eigenvalue weighted by Crippen LogP contribution is -2.29. The Bertz CT molecular complexity index is 388. The van der Waals surface area contributed by atoms with Gasteiger partial charge in [-0.2, -0.15) is 0 Å². The molecule has 0 spiro atoms. The van der Waals surface area contributed by atoms with Crippen LogP contribution in [0.2, 0.25) is 0 Å². The first kappa shape index (κ1) is 16.3. The molecule has 1 saturated carbocycles. The van der Waals surface area contributed by atoms with Gasteiger partial charge in [-0.05, 0) is 57.5 Å². The highest BCUT2D eigenvalue weighted by atomic mass is 35.5. The SMILES string of the molecule is CC(C)CCN(CCCCc1nc(CCl)cs1)C1CC1. The maximum Gasteiger partial charge on any atom is 0.0928 e. The van der Waals surface area contributed by atoms with E-state index < -0.39 is 0 Å². The molecule has 0 N–H and O–H groups in total. The van der Waals surface area contributed by atoms with Crippen LogP contribution in [-0.4, -0.2) is 29.0 Å². The molecule has 114 valence electrons. The molecule has 0 radical (unpaired) electrons. The van der Waals surface area contributed by atoms with E-state index in [1.165, 1.54) is 50.2 Å². The second-order valence-electron chi connectivity index (χ2n) is 6.27. The Hall–Kier alpha value is -0.120. The fourth-order valence-corrected chi connectivity index (χ4v) is 3.53. The zero-order valence-corrected chi connectivity index (χ0v) is 14.3. The van der Waals surface area contributed by atoms with E-state index in [9.17, 15) is 0 Å². The standard InChI is InChI=1S/C16H27ClN2S/c1-13(2)8-10-19(15-6-7-15)9-4-3-5-16-18-14(11-17)12-20-16/h12-13,15H,3-11H2,1-2H3. The summed E-state index contributed by atoms with van der Waals surface area (Å²) in [6.07, 6.45) is 7.84. The lowest BCUT2D eigenvalue weighted by Gasteiger charge is -2.22. The van der Waals surface area contributed by atoms with Crippen LogP contribution in [0.1, 0.15) is 56.7 Å². The first-order chi connectivity index (χ1) is 9.69. The van der Waals surface area contributed by atoms with Crippen LogP contribution in [0.5, 0.6) is 0 Å². The van der Waals surface area contributed by atoms with Crippen molar-refractivity contribution in [3.05, 3.63) is 16.1 Å². The molecule has 1 heterocycles. The van der Waals surface area contributed by atoms with Crippen LogP contribution in [0, 0.1) is 5.92 Å². The highest BCUT2D eigenvalue weighted by Crippen LogP contribution is 2.27. The number of halogens is 1. The lowest BCUT2D eigenvalue weighted by atomic mass is 10.1. The number of rotatable bonds is 10. The Morgan fingerprint density at radius 1 is 1.35 bits per heavy atom. The molecule has 1 aromatic heterocycles. The van der Waals surface area contributed by atoms with Gasteiger partial charge in [-0.15, -0.1) is 22.9 Å². The van der Waals surface area contributed by atoms with Gasteiger partial charge < -0.3 is 4.90 Å². The Labute approximate surface area is 132 Å². The molecule has 20 heavy (non-hydrogen) atoms. The summed E-state index contributed by atoms with van der Waals surface area (Å²) in [7, 11) is 0. The van der Waals surface area contributed by atoms with Crippen molar-refractivity contribution in [2.45, 2.75) is 64.3 Å². The van der Waals surface area contributed by atoms with Crippen molar-refractivity contribution in [1.82, 2.24) is 9.88 Å². The van der Waals surface area contributed by atoms with E-state index in [4.69, 9.17) is 11.6 Å². The van der Waals surface area contributed by atoms with Gasteiger partial charge in [0.1, 0.15) is 0 Å². The van der Waals surface area contributed by atoms with Crippen molar-refractivity contribution in [3.63, 3.8) is 0 Å². The fourth-order valence-electron chi connectivity index (χ4n) is 2.46. The number of alkyl halides is 1. The van der Waals surface area contributed by atoms with Crippen molar-refractivity contribution < 1.29 is 0 Å². The minimum Gasteiger partial charge on any atom is -0.300 e. The average molecular weight is 315 g/mol. The van der Waals surface area contributed by atoms with E-state index in [0.717, 1.165) is 24.1 Å². The molecule has 0 unspecified atom stereocenters. The van der Waals surface area contributed by atoms with E-state index in [1.54, 1.807) is 11.3 Å². The summed E-state index contributed by atoms with van der Waals surface area (Å²) in [4.78, 5) is 7.24. The molecule has 0 atom stereocenters. The van der Waals surface area contributed by atoms with Gasteiger partial charge >= 0.3 is 0 Å². The second-order valence-corrected chi connectivity index (χ2v) is 7.48.